The highest BCUT2D eigenvalue weighted by molar-refractivity contribution is 7.89. The highest BCUT2D eigenvalue weighted by Gasteiger charge is 2.20. The molecule has 1 rings (SSSR count). The number of aliphatic hydroxyl groups excluding tert-OH is 1. The van der Waals surface area contributed by atoms with E-state index in [1.165, 1.54) is 18.3 Å². The lowest BCUT2D eigenvalue weighted by molar-refractivity contribution is 0.216. The second-order valence-corrected chi connectivity index (χ2v) is 5.99. The van der Waals surface area contributed by atoms with Gasteiger partial charge in [-0.1, -0.05) is 18.5 Å². The Morgan fingerprint density at radius 2 is 2.12 bits per heavy atom. The fourth-order valence-corrected chi connectivity index (χ4v) is 2.52. The third-order valence-corrected chi connectivity index (χ3v) is 4.26. The average Bonchev–Trinajstić information content (AvgIpc) is 2.27. The van der Waals surface area contributed by atoms with Crippen molar-refractivity contribution < 1.29 is 13.5 Å². The molecule has 0 spiro atoms. The molecule has 2 N–H and O–H groups in total. The van der Waals surface area contributed by atoms with Gasteiger partial charge in [0.05, 0.1) is 0 Å². The van der Waals surface area contributed by atoms with Crippen molar-refractivity contribution >= 4 is 21.6 Å². The summed E-state index contributed by atoms with van der Waals surface area (Å²) in [4.78, 5) is 3.77. The fourth-order valence-electron chi connectivity index (χ4n) is 1.11. The van der Waals surface area contributed by atoms with Gasteiger partial charge in [-0.05, 0) is 25.0 Å². The minimum atomic E-state index is -3.61. The van der Waals surface area contributed by atoms with Gasteiger partial charge in [-0.25, -0.2) is 18.1 Å². The summed E-state index contributed by atoms with van der Waals surface area (Å²) in [5.74, 6) is -0.162. The van der Waals surface area contributed by atoms with Gasteiger partial charge in [0.15, 0.2) is 0 Å². The molecule has 0 aliphatic carbocycles. The van der Waals surface area contributed by atoms with Crippen molar-refractivity contribution in [1.82, 2.24) is 9.71 Å². The van der Waals surface area contributed by atoms with Gasteiger partial charge in [-0.3, -0.25) is 0 Å². The van der Waals surface area contributed by atoms with Gasteiger partial charge in [-0.15, -0.1) is 0 Å². The van der Waals surface area contributed by atoms with Crippen LogP contribution in [-0.4, -0.2) is 31.2 Å². The Hall–Kier alpha value is -0.690. The summed E-state index contributed by atoms with van der Waals surface area (Å²) in [6.07, 6.45) is 1.20. The van der Waals surface area contributed by atoms with Crippen molar-refractivity contribution in [2.24, 2.45) is 5.92 Å². The Labute approximate surface area is 106 Å². The maximum atomic E-state index is 11.9. The number of sulfonamides is 1. The van der Waals surface area contributed by atoms with Crippen molar-refractivity contribution in [3.05, 3.63) is 23.5 Å². The van der Waals surface area contributed by atoms with Crippen LogP contribution in [0.2, 0.25) is 5.15 Å². The highest BCUT2D eigenvalue weighted by Crippen LogP contribution is 2.12. The molecule has 5 nitrogen and oxygen atoms in total. The maximum absolute atomic E-state index is 11.9. The maximum Gasteiger partial charge on any atom is 0.242 e. The van der Waals surface area contributed by atoms with Crippen molar-refractivity contribution in [2.45, 2.75) is 24.8 Å². The third-order valence-electron chi connectivity index (χ3n) is 2.49. The van der Waals surface area contributed by atoms with Gasteiger partial charge in [0, 0.05) is 18.8 Å². The van der Waals surface area contributed by atoms with E-state index in [1.807, 2.05) is 0 Å². The molecule has 0 aliphatic rings. The topological polar surface area (TPSA) is 79.3 Å². The zero-order valence-corrected chi connectivity index (χ0v) is 11.2. The first-order valence-electron chi connectivity index (χ1n) is 5.11. The van der Waals surface area contributed by atoms with Gasteiger partial charge in [0.25, 0.3) is 0 Å². The van der Waals surface area contributed by atoms with E-state index in [-0.39, 0.29) is 28.6 Å². The predicted molar refractivity (Wildman–Crippen MR) is 65.3 cm³/mol. The molecule has 2 atom stereocenters. The standard InChI is InChI=1S/C10H15ClN2O3S/c1-7(6-14)8(2)13-17(15,16)9-3-4-10(11)12-5-9/h3-5,7-8,13-14H,6H2,1-2H3. The van der Waals surface area contributed by atoms with E-state index in [2.05, 4.69) is 9.71 Å². The van der Waals surface area contributed by atoms with Gasteiger partial charge >= 0.3 is 0 Å². The van der Waals surface area contributed by atoms with Crippen LogP contribution in [0, 0.1) is 5.92 Å². The average molecular weight is 279 g/mol. The summed E-state index contributed by atoms with van der Waals surface area (Å²) in [6, 6.07) is 2.44. The predicted octanol–water partition coefficient (Wildman–Crippen LogP) is 1.03. The molecule has 1 aromatic rings. The van der Waals surface area contributed by atoms with E-state index in [0.29, 0.717) is 0 Å². The monoisotopic (exact) mass is 278 g/mol. The van der Waals surface area contributed by atoms with Crippen molar-refractivity contribution in [2.75, 3.05) is 6.61 Å². The Kier molecular flexibility index (Phi) is 4.88. The van der Waals surface area contributed by atoms with Crippen LogP contribution in [-0.2, 0) is 10.0 Å². The third kappa shape index (κ3) is 3.92. The molecule has 2 unspecified atom stereocenters. The number of nitrogens with zero attached hydrogens (tertiary/aromatic N) is 1. The molecule has 17 heavy (non-hydrogen) atoms. The molecule has 0 bridgehead atoms. The summed E-state index contributed by atoms with van der Waals surface area (Å²) in [6.45, 7) is 3.37. The number of hydrogen-bond acceptors (Lipinski definition) is 4. The molecule has 0 fully saturated rings. The van der Waals surface area contributed by atoms with Crippen LogP contribution >= 0.6 is 11.6 Å². The first-order valence-corrected chi connectivity index (χ1v) is 6.97. The molecular weight excluding hydrogens is 264 g/mol. The van der Waals surface area contributed by atoms with Crippen LogP contribution in [0.25, 0.3) is 0 Å². The Balaban J connectivity index is 2.85. The summed E-state index contributed by atoms with van der Waals surface area (Å²) in [5.41, 5.74) is 0. The molecule has 0 aliphatic heterocycles. The second kappa shape index (κ2) is 5.77. The van der Waals surface area contributed by atoms with E-state index >= 15 is 0 Å². The Bertz CT molecular complexity index is 461. The highest BCUT2D eigenvalue weighted by atomic mass is 35.5. The van der Waals surface area contributed by atoms with E-state index in [9.17, 15) is 8.42 Å². The minimum Gasteiger partial charge on any atom is -0.396 e. The molecule has 0 amide bonds. The second-order valence-electron chi connectivity index (χ2n) is 3.89. The Morgan fingerprint density at radius 3 is 2.59 bits per heavy atom. The number of aliphatic hydroxyl groups is 1. The van der Waals surface area contributed by atoms with Crippen molar-refractivity contribution in [3.63, 3.8) is 0 Å². The lowest BCUT2D eigenvalue weighted by Gasteiger charge is -2.19. The summed E-state index contributed by atoms with van der Waals surface area (Å²) in [7, 11) is -3.61. The molecule has 1 heterocycles. The van der Waals surface area contributed by atoms with Crippen LogP contribution in [0.4, 0.5) is 0 Å². The molecule has 96 valence electrons. The van der Waals surface area contributed by atoms with Crippen molar-refractivity contribution in [1.29, 1.82) is 0 Å². The first-order chi connectivity index (χ1) is 7.86. The normalized spacial score (nSPS) is 15.5. The van der Waals surface area contributed by atoms with Crippen LogP contribution in [0.5, 0.6) is 0 Å². The van der Waals surface area contributed by atoms with Gasteiger partial charge < -0.3 is 5.11 Å². The van der Waals surface area contributed by atoms with Crippen LogP contribution in [0.15, 0.2) is 23.2 Å². The molecular formula is C10H15ClN2O3S. The summed E-state index contributed by atoms with van der Waals surface area (Å²) < 4.78 is 26.3. The smallest absolute Gasteiger partial charge is 0.242 e. The molecule has 1 aromatic heterocycles. The number of aromatic nitrogens is 1. The van der Waals surface area contributed by atoms with E-state index in [0.717, 1.165) is 0 Å². The van der Waals surface area contributed by atoms with Gasteiger partial charge in [0.1, 0.15) is 10.0 Å². The number of rotatable bonds is 5. The first kappa shape index (κ1) is 14.4. The Morgan fingerprint density at radius 1 is 1.47 bits per heavy atom. The van der Waals surface area contributed by atoms with E-state index in [4.69, 9.17) is 16.7 Å². The van der Waals surface area contributed by atoms with E-state index < -0.39 is 10.0 Å². The van der Waals surface area contributed by atoms with Crippen LogP contribution < -0.4 is 4.72 Å². The lowest BCUT2D eigenvalue weighted by Crippen LogP contribution is -2.38. The minimum absolute atomic E-state index is 0.0545. The van der Waals surface area contributed by atoms with Gasteiger partial charge in [0.2, 0.25) is 10.0 Å². The SMILES string of the molecule is CC(CO)C(C)NS(=O)(=O)c1ccc(Cl)nc1. The van der Waals surface area contributed by atoms with Crippen molar-refractivity contribution in [3.8, 4) is 0 Å². The summed E-state index contributed by atoms with van der Waals surface area (Å²) >= 11 is 5.58. The quantitative estimate of drug-likeness (QED) is 0.789. The van der Waals surface area contributed by atoms with Crippen LogP contribution in [0.1, 0.15) is 13.8 Å². The molecule has 0 radical (unpaired) electrons. The molecule has 0 aromatic carbocycles. The van der Waals surface area contributed by atoms with E-state index in [1.54, 1.807) is 13.8 Å². The number of hydrogen-bond donors (Lipinski definition) is 2. The number of nitrogens with one attached hydrogen (secondary N) is 1. The molecule has 7 heteroatoms. The fraction of sp³-hybridized carbons (Fsp3) is 0.500. The molecule has 0 saturated carbocycles. The van der Waals surface area contributed by atoms with Crippen LogP contribution in [0.3, 0.4) is 0 Å². The lowest BCUT2D eigenvalue weighted by atomic mass is 10.1. The molecule has 0 saturated heterocycles. The largest absolute Gasteiger partial charge is 0.396 e. The number of pyridine rings is 1. The summed E-state index contributed by atoms with van der Waals surface area (Å²) in [5, 5.41) is 9.18. The zero-order valence-electron chi connectivity index (χ0n) is 9.59. The number of halogens is 1. The zero-order chi connectivity index (χ0) is 13.1. The van der Waals surface area contributed by atoms with Gasteiger partial charge in [-0.2, -0.15) is 0 Å².